The molecular formula is C21H21N5O3S. The van der Waals surface area contributed by atoms with Crippen LogP contribution in [0.5, 0.6) is 0 Å². The summed E-state index contributed by atoms with van der Waals surface area (Å²) in [5, 5.41) is 22.8. The van der Waals surface area contributed by atoms with Gasteiger partial charge in [0, 0.05) is 24.2 Å². The molecule has 9 heteroatoms. The fourth-order valence-electron chi connectivity index (χ4n) is 2.78. The normalized spacial score (nSPS) is 10.6. The molecule has 0 atom stereocenters. The number of anilines is 1. The summed E-state index contributed by atoms with van der Waals surface area (Å²) < 4.78 is 1.90. The van der Waals surface area contributed by atoms with Crippen LogP contribution in [0.1, 0.15) is 11.1 Å². The van der Waals surface area contributed by atoms with Crippen molar-refractivity contribution in [2.24, 2.45) is 0 Å². The fourth-order valence-corrected chi connectivity index (χ4v) is 3.53. The predicted octanol–water partition coefficient (Wildman–Crippen LogP) is 4.39. The first kappa shape index (κ1) is 21.3. The molecule has 0 fully saturated rings. The molecule has 1 amide bonds. The first-order valence-corrected chi connectivity index (χ1v) is 10.2. The second kappa shape index (κ2) is 9.36. The first-order chi connectivity index (χ1) is 14.4. The van der Waals surface area contributed by atoms with E-state index < -0.39 is 4.92 Å². The third-order valence-electron chi connectivity index (χ3n) is 4.38. The van der Waals surface area contributed by atoms with Crippen molar-refractivity contribution in [2.75, 3.05) is 11.1 Å². The van der Waals surface area contributed by atoms with Crippen molar-refractivity contribution in [2.45, 2.75) is 25.5 Å². The van der Waals surface area contributed by atoms with E-state index in [0.717, 1.165) is 16.7 Å². The lowest BCUT2D eigenvalue weighted by atomic mass is 10.1. The van der Waals surface area contributed by atoms with Crippen LogP contribution in [0.15, 0.2) is 60.3 Å². The lowest BCUT2D eigenvalue weighted by molar-refractivity contribution is -0.384. The Kier molecular flexibility index (Phi) is 6.63. The van der Waals surface area contributed by atoms with E-state index in [1.807, 2.05) is 35.8 Å². The molecule has 0 aliphatic rings. The number of allylic oxidation sites excluding steroid dienone is 1. The molecule has 0 bridgehead atoms. The number of aromatic nitrogens is 3. The topological polar surface area (TPSA) is 103 Å². The molecule has 0 saturated heterocycles. The van der Waals surface area contributed by atoms with Crippen LogP contribution in [0.25, 0.3) is 11.4 Å². The Labute approximate surface area is 178 Å². The summed E-state index contributed by atoms with van der Waals surface area (Å²) in [7, 11) is 0. The summed E-state index contributed by atoms with van der Waals surface area (Å²) in [4.78, 5) is 22.9. The number of nitro groups is 1. The number of hydrogen-bond donors (Lipinski definition) is 1. The van der Waals surface area contributed by atoms with E-state index in [1.165, 1.54) is 23.9 Å². The van der Waals surface area contributed by atoms with Gasteiger partial charge in [0.05, 0.1) is 16.4 Å². The number of non-ortho nitro benzene ring substituents is 1. The van der Waals surface area contributed by atoms with Crippen molar-refractivity contribution in [1.29, 1.82) is 0 Å². The van der Waals surface area contributed by atoms with Gasteiger partial charge in [-0.2, -0.15) is 0 Å². The van der Waals surface area contributed by atoms with Crippen LogP contribution in [0.3, 0.4) is 0 Å². The molecule has 154 valence electrons. The Morgan fingerprint density at radius 2 is 1.97 bits per heavy atom. The van der Waals surface area contributed by atoms with Crippen LogP contribution >= 0.6 is 11.8 Å². The maximum atomic E-state index is 12.4. The Hall–Kier alpha value is -3.46. The molecule has 30 heavy (non-hydrogen) atoms. The number of carbonyl (C=O) groups excluding carboxylic acids is 1. The Morgan fingerprint density at radius 3 is 2.63 bits per heavy atom. The Balaban J connectivity index is 1.73. The minimum atomic E-state index is -0.492. The summed E-state index contributed by atoms with van der Waals surface area (Å²) in [5.74, 6) is 0.506. The van der Waals surface area contributed by atoms with Gasteiger partial charge in [-0.05, 0) is 19.4 Å². The molecule has 0 unspecified atom stereocenters. The van der Waals surface area contributed by atoms with Gasteiger partial charge in [-0.1, -0.05) is 53.7 Å². The van der Waals surface area contributed by atoms with Gasteiger partial charge in [0.25, 0.3) is 5.69 Å². The van der Waals surface area contributed by atoms with Crippen molar-refractivity contribution in [3.63, 3.8) is 0 Å². The monoisotopic (exact) mass is 423 g/mol. The number of amides is 1. The van der Waals surface area contributed by atoms with E-state index in [-0.39, 0.29) is 17.3 Å². The molecule has 0 aliphatic heterocycles. The maximum absolute atomic E-state index is 12.4. The van der Waals surface area contributed by atoms with Gasteiger partial charge in [-0.3, -0.25) is 19.5 Å². The lowest BCUT2D eigenvalue weighted by Crippen LogP contribution is -2.15. The fraction of sp³-hybridized carbons (Fsp3) is 0.190. The number of thioether (sulfide) groups is 1. The third kappa shape index (κ3) is 4.93. The van der Waals surface area contributed by atoms with E-state index in [1.54, 1.807) is 19.1 Å². The molecular weight excluding hydrogens is 402 g/mol. The van der Waals surface area contributed by atoms with E-state index in [2.05, 4.69) is 22.1 Å². The van der Waals surface area contributed by atoms with Crippen LogP contribution < -0.4 is 5.32 Å². The molecule has 3 rings (SSSR count). The zero-order chi connectivity index (χ0) is 21.7. The first-order valence-electron chi connectivity index (χ1n) is 9.18. The zero-order valence-corrected chi connectivity index (χ0v) is 17.5. The van der Waals surface area contributed by atoms with Crippen LogP contribution in [0.2, 0.25) is 0 Å². The largest absolute Gasteiger partial charge is 0.325 e. The Morgan fingerprint density at radius 1 is 1.23 bits per heavy atom. The van der Waals surface area contributed by atoms with Gasteiger partial charge in [0.15, 0.2) is 11.0 Å². The number of hydrogen-bond acceptors (Lipinski definition) is 6. The highest BCUT2D eigenvalue weighted by Gasteiger charge is 2.16. The van der Waals surface area contributed by atoms with Crippen LogP contribution in [-0.2, 0) is 11.3 Å². The van der Waals surface area contributed by atoms with Crippen molar-refractivity contribution >= 4 is 29.0 Å². The smallest absolute Gasteiger partial charge is 0.271 e. The minimum absolute atomic E-state index is 0.0722. The quantitative estimate of drug-likeness (QED) is 0.249. The van der Waals surface area contributed by atoms with Crippen LogP contribution in [-0.4, -0.2) is 31.3 Å². The molecule has 2 aromatic carbocycles. The Bertz CT molecular complexity index is 1090. The summed E-state index contributed by atoms with van der Waals surface area (Å²) in [5.41, 5.74) is 3.17. The van der Waals surface area contributed by atoms with Crippen molar-refractivity contribution in [1.82, 2.24) is 14.8 Å². The molecule has 3 aromatic rings. The van der Waals surface area contributed by atoms with Gasteiger partial charge in [0.2, 0.25) is 5.91 Å². The number of carbonyl (C=O) groups is 1. The molecule has 1 N–H and O–H groups in total. The molecule has 0 spiro atoms. The summed E-state index contributed by atoms with van der Waals surface area (Å²) in [6.07, 6.45) is 1.75. The number of nitrogens with zero attached hydrogens (tertiary/aromatic N) is 4. The van der Waals surface area contributed by atoms with Crippen molar-refractivity contribution in [3.05, 3.63) is 76.4 Å². The summed E-state index contributed by atoms with van der Waals surface area (Å²) >= 11 is 1.25. The zero-order valence-electron chi connectivity index (χ0n) is 16.7. The molecule has 1 aromatic heterocycles. The molecule has 0 radical (unpaired) electrons. The highest BCUT2D eigenvalue weighted by atomic mass is 32.2. The molecule has 0 saturated carbocycles. The van der Waals surface area contributed by atoms with E-state index in [0.29, 0.717) is 23.2 Å². The third-order valence-corrected chi connectivity index (χ3v) is 5.34. The highest BCUT2D eigenvalue weighted by Crippen LogP contribution is 2.26. The van der Waals surface area contributed by atoms with Crippen LogP contribution in [0.4, 0.5) is 11.4 Å². The SMILES string of the molecule is C=CCn1c(SCC(=O)Nc2cc([N+](=O)[O-])ccc2C)nnc1-c1ccc(C)cc1. The summed E-state index contributed by atoms with van der Waals surface area (Å²) in [6, 6.07) is 12.3. The van der Waals surface area contributed by atoms with E-state index >= 15 is 0 Å². The number of benzene rings is 2. The van der Waals surface area contributed by atoms with Crippen LogP contribution in [0, 0.1) is 24.0 Å². The number of rotatable bonds is 8. The second-order valence-electron chi connectivity index (χ2n) is 6.66. The number of nitro benzene ring substituents is 1. The molecule has 8 nitrogen and oxygen atoms in total. The van der Waals surface area contributed by atoms with Crippen molar-refractivity contribution < 1.29 is 9.72 Å². The van der Waals surface area contributed by atoms with Crippen molar-refractivity contribution in [3.8, 4) is 11.4 Å². The average Bonchev–Trinajstić information content (AvgIpc) is 3.11. The number of aryl methyl sites for hydroxylation is 2. The van der Waals surface area contributed by atoms with Gasteiger partial charge in [0.1, 0.15) is 0 Å². The van der Waals surface area contributed by atoms with Gasteiger partial charge in [-0.25, -0.2) is 0 Å². The highest BCUT2D eigenvalue weighted by molar-refractivity contribution is 7.99. The van der Waals surface area contributed by atoms with E-state index in [9.17, 15) is 14.9 Å². The molecule has 1 heterocycles. The average molecular weight is 423 g/mol. The number of nitrogens with one attached hydrogen (secondary N) is 1. The maximum Gasteiger partial charge on any atom is 0.271 e. The molecule has 0 aliphatic carbocycles. The second-order valence-corrected chi connectivity index (χ2v) is 7.61. The standard InChI is InChI=1S/C21H21N5O3S/c1-4-11-25-20(16-8-5-14(2)6-9-16)23-24-21(25)30-13-19(27)22-18-12-17(26(28)29)10-7-15(18)3/h4-10,12H,1,11,13H2,2-3H3,(H,22,27). The minimum Gasteiger partial charge on any atom is -0.325 e. The van der Waals surface area contributed by atoms with Gasteiger partial charge in [-0.15, -0.1) is 16.8 Å². The lowest BCUT2D eigenvalue weighted by Gasteiger charge is -2.09. The van der Waals surface area contributed by atoms with Gasteiger partial charge < -0.3 is 5.32 Å². The summed E-state index contributed by atoms with van der Waals surface area (Å²) in [6.45, 7) is 8.09. The van der Waals surface area contributed by atoms with Gasteiger partial charge >= 0.3 is 0 Å². The predicted molar refractivity (Wildman–Crippen MR) is 118 cm³/mol. The van der Waals surface area contributed by atoms with E-state index in [4.69, 9.17) is 0 Å².